The molecule has 2 saturated heterocycles. The van der Waals surface area contributed by atoms with Gasteiger partial charge < -0.3 is 14.7 Å². The zero-order chi connectivity index (χ0) is 18.1. The van der Waals surface area contributed by atoms with Crippen molar-refractivity contribution in [3.8, 4) is 0 Å². The van der Waals surface area contributed by atoms with Crippen molar-refractivity contribution in [1.29, 1.82) is 0 Å². The zero-order valence-corrected chi connectivity index (χ0v) is 15.8. The Labute approximate surface area is 150 Å². The summed E-state index contributed by atoms with van der Waals surface area (Å²) in [7, 11) is -3.04. The molecule has 2 aliphatic rings. The highest BCUT2D eigenvalue weighted by molar-refractivity contribution is 7.89. The maximum atomic E-state index is 11.4. The molecule has 0 aromatic carbocycles. The molecule has 6 nitrogen and oxygen atoms in total. The lowest BCUT2D eigenvalue weighted by Crippen LogP contribution is -2.53. The van der Waals surface area contributed by atoms with E-state index in [9.17, 15) is 13.5 Å². The number of ether oxygens (including phenoxy) is 1. The number of hydrogen-bond donors (Lipinski definition) is 1. The first kappa shape index (κ1) is 18.6. The van der Waals surface area contributed by atoms with Gasteiger partial charge in [0.05, 0.1) is 23.6 Å². The van der Waals surface area contributed by atoms with Crippen molar-refractivity contribution in [3.63, 3.8) is 0 Å². The SMILES string of the molecule is CC[C@H]1C[C@@H](O)CC2(CCN(c3ccc(CS(C)(=O)=O)cn3)CC2)O1. The molecule has 1 aromatic heterocycles. The van der Waals surface area contributed by atoms with Crippen LogP contribution in [0.15, 0.2) is 18.3 Å². The van der Waals surface area contributed by atoms with Crippen molar-refractivity contribution in [3.05, 3.63) is 23.9 Å². The van der Waals surface area contributed by atoms with Crippen LogP contribution >= 0.6 is 0 Å². The molecule has 2 fully saturated rings. The molecule has 0 radical (unpaired) electrons. The van der Waals surface area contributed by atoms with E-state index >= 15 is 0 Å². The second-order valence-corrected chi connectivity index (χ2v) is 9.65. The quantitative estimate of drug-likeness (QED) is 0.875. The number of nitrogens with zero attached hydrogens (tertiary/aromatic N) is 2. The molecule has 1 aromatic rings. The van der Waals surface area contributed by atoms with Crippen LogP contribution in [-0.4, -0.2) is 55.7 Å². The molecule has 7 heteroatoms. The van der Waals surface area contributed by atoms with Crippen molar-refractivity contribution in [2.45, 2.75) is 62.6 Å². The predicted octanol–water partition coefficient (Wildman–Crippen LogP) is 1.92. The van der Waals surface area contributed by atoms with Crippen LogP contribution in [0.5, 0.6) is 0 Å². The summed E-state index contributed by atoms with van der Waals surface area (Å²) in [6.45, 7) is 3.77. The molecule has 2 atom stereocenters. The lowest BCUT2D eigenvalue weighted by atomic mass is 9.81. The minimum Gasteiger partial charge on any atom is -0.393 e. The van der Waals surface area contributed by atoms with Crippen LogP contribution < -0.4 is 4.90 Å². The molecule has 0 aliphatic carbocycles. The van der Waals surface area contributed by atoms with Gasteiger partial charge in [0.15, 0.2) is 9.84 Å². The van der Waals surface area contributed by atoms with E-state index in [4.69, 9.17) is 4.74 Å². The molecule has 3 rings (SSSR count). The smallest absolute Gasteiger partial charge is 0.151 e. The summed E-state index contributed by atoms with van der Waals surface area (Å²) in [6.07, 6.45) is 6.93. The highest BCUT2D eigenvalue weighted by Gasteiger charge is 2.42. The molecule has 1 N–H and O–H groups in total. The Balaban J connectivity index is 1.62. The fourth-order valence-corrected chi connectivity index (χ4v) is 4.75. The Hall–Kier alpha value is -1.18. The number of aromatic nitrogens is 1. The minimum absolute atomic E-state index is 0.0214. The Morgan fingerprint density at radius 1 is 1.36 bits per heavy atom. The summed E-state index contributed by atoms with van der Waals surface area (Å²) in [4.78, 5) is 6.65. The van der Waals surface area contributed by atoms with Gasteiger partial charge in [-0.05, 0) is 37.3 Å². The third kappa shape index (κ3) is 4.71. The molecule has 2 aliphatic heterocycles. The number of piperidine rings is 1. The maximum Gasteiger partial charge on any atom is 0.151 e. The van der Waals surface area contributed by atoms with Crippen molar-refractivity contribution in [2.75, 3.05) is 24.2 Å². The van der Waals surface area contributed by atoms with Gasteiger partial charge in [-0.2, -0.15) is 0 Å². The molecule has 0 saturated carbocycles. The summed E-state index contributed by atoms with van der Waals surface area (Å²) in [5.41, 5.74) is 0.509. The number of hydrogen-bond acceptors (Lipinski definition) is 6. The fourth-order valence-electron chi connectivity index (χ4n) is 3.97. The molecule has 0 amide bonds. The van der Waals surface area contributed by atoms with Crippen LogP contribution in [0.1, 0.15) is 44.6 Å². The lowest BCUT2D eigenvalue weighted by molar-refractivity contribution is -0.171. The number of aliphatic hydroxyl groups is 1. The average Bonchev–Trinajstić information content (AvgIpc) is 2.54. The van der Waals surface area contributed by atoms with Gasteiger partial charge in [0.25, 0.3) is 0 Å². The van der Waals surface area contributed by atoms with Gasteiger partial charge in [-0.3, -0.25) is 0 Å². The topological polar surface area (TPSA) is 79.7 Å². The second kappa shape index (κ2) is 7.21. The van der Waals surface area contributed by atoms with E-state index in [1.807, 2.05) is 12.1 Å². The van der Waals surface area contributed by atoms with Crippen LogP contribution in [0.2, 0.25) is 0 Å². The number of sulfone groups is 1. The Kier molecular flexibility index (Phi) is 5.37. The van der Waals surface area contributed by atoms with E-state index in [1.54, 1.807) is 6.20 Å². The largest absolute Gasteiger partial charge is 0.393 e. The first-order valence-corrected chi connectivity index (χ1v) is 11.1. The standard InChI is InChI=1S/C18H28N2O4S/c1-3-16-10-15(21)11-18(24-16)6-8-20(9-7-18)17-5-4-14(12-19-17)13-25(2,22)23/h4-5,12,15-16,21H,3,6-11,13H2,1-2H3/t15-,16+/m1/s1. The van der Waals surface area contributed by atoms with Gasteiger partial charge in [-0.25, -0.2) is 13.4 Å². The van der Waals surface area contributed by atoms with Crippen molar-refractivity contribution in [1.82, 2.24) is 4.98 Å². The third-order valence-corrected chi connectivity index (χ3v) is 6.11. The van der Waals surface area contributed by atoms with E-state index in [0.717, 1.165) is 51.0 Å². The number of pyridine rings is 1. The van der Waals surface area contributed by atoms with E-state index in [0.29, 0.717) is 5.56 Å². The summed E-state index contributed by atoms with van der Waals surface area (Å²) in [5, 5.41) is 10.2. The highest BCUT2D eigenvalue weighted by Crippen LogP contribution is 2.39. The van der Waals surface area contributed by atoms with Gasteiger partial charge in [0, 0.05) is 32.0 Å². The van der Waals surface area contributed by atoms with Crippen LogP contribution in [0.4, 0.5) is 5.82 Å². The fraction of sp³-hybridized carbons (Fsp3) is 0.722. The van der Waals surface area contributed by atoms with Crippen LogP contribution in [0, 0.1) is 0 Å². The van der Waals surface area contributed by atoms with Gasteiger partial charge in [0.1, 0.15) is 5.82 Å². The molecule has 3 heterocycles. The molecule has 25 heavy (non-hydrogen) atoms. The van der Waals surface area contributed by atoms with Gasteiger partial charge >= 0.3 is 0 Å². The molecular formula is C18H28N2O4S. The molecule has 1 spiro atoms. The van der Waals surface area contributed by atoms with E-state index in [1.165, 1.54) is 6.26 Å². The van der Waals surface area contributed by atoms with Crippen molar-refractivity contribution in [2.24, 2.45) is 0 Å². The molecule has 0 bridgehead atoms. The third-order valence-electron chi connectivity index (χ3n) is 5.25. The van der Waals surface area contributed by atoms with Gasteiger partial charge in [-0.15, -0.1) is 0 Å². The second-order valence-electron chi connectivity index (χ2n) is 7.51. The summed E-state index contributed by atoms with van der Waals surface area (Å²) >= 11 is 0. The van der Waals surface area contributed by atoms with E-state index in [2.05, 4.69) is 16.8 Å². The van der Waals surface area contributed by atoms with E-state index in [-0.39, 0.29) is 23.6 Å². The number of aliphatic hydroxyl groups excluding tert-OH is 1. The predicted molar refractivity (Wildman–Crippen MR) is 97.4 cm³/mol. The first-order valence-electron chi connectivity index (χ1n) is 9.02. The summed E-state index contributed by atoms with van der Waals surface area (Å²) in [6, 6.07) is 3.73. The molecule has 0 unspecified atom stereocenters. The normalized spacial score (nSPS) is 26.8. The van der Waals surface area contributed by atoms with Gasteiger partial charge in [-0.1, -0.05) is 13.0 Å². The first-order chi connectivity index (χ1) is 11.8. The van der Waals surface area contributed by atoms with Crippen molar-refractivity contribution >= 4 is 15.7 Å². The summed E-state index contributed by atoms with van der Waals surface area (Å²) < 4.78 is 29.0. The highest BCUT2D eigenvalue weighted by atomic mass is 32.2. The zero-order valence-electron chi connectivity index (χ0n) is 15.0. The molecular weight excluding hydrogens is 340 g/mol. The van der Waals surface area contributed by atoms with Crippen LogP contribution in [-0.2, 0) is 20.3 Å². The number of anilines is 1. The number of rotatable bonds is 4. The van der Waals surface area contributed by atoms with Crippen LogP contribution in [0.3, 0.4) is 0 Å². The lowest BCUT2D eigenvalue weighted by Gasteiger charge is -2.48. The summed E-state index contributed by atoms with van der Waals surface area (Å²) in [5.74, 6) is 0.892. The Morgan fingerprint density at radius 2 is 2.08 bits per heavy atom. The van der Waals surface area contributed by atoms with Crippen LogP contribution in [0.25, 0.3) is 0 Å². The van der Waals surface area contributed by atoms with E-state index < -0.39 is 9.84 Å². The maximum absolute atomic E-state index is 11.4. The van der Waals surface area contributed by atoms with Gasteiger partial charge in [0.2, 0.25) is 0 Å². The van der Waals surface area contributed by atoms with Crippen molar-refractivity contribution < 1.29 is 18.3 Å². The Bertz CT molecular complexity index is 682. The molecule has 140 valence electrons. The average molecular weight is 368 g/mol. The minimum atomic E-state index is -3.04. The monoisotopic (exact) mass is 368 g/mol. The Morgan fingerprint density at radius 3 is 2.64 bits per heavy atom.